The molecule has 1 aromatic heterocycles. The molecule has 3 heteroatoms. The standard InChI is InChI=1S/C15H19ClN2/c1-12-4-3-5-13(10-12)14(11-16)6-7-15-17-8-9-18(15)2/h3-5,8-10,14H,6-7,11H2,1-2H3. The van der Waals surface area contributed by atoms with Gasteiger partial charge in [0.25, 0.3) is 0 Å². The van der Waals surface area contributed by atoms with Crippen LogP contribution in [0.15, 0.2) is 36.7 Å². The smallest absolute Gasteiger partial charge is 0.108 e. The number of imidazole rings is 1. The number of nitrogens with zero attached hydrogens (tertiary/aromatic N) is 2. The molecule has 0 saturated heterocycles. The van der Waals surface area contributed by atoms with E-state index in [-0.39, 0.29) is 0 Å². The zero-order chi connectivity index (χ0) is 13.0. The van der Waals surface area contributed by atoms with E-state index in [9.17, 15) is 0 Å². The summed E-state index contributed by atoms with van der Waals surface area (Å²) in [5, 5.41) is 0. The molecule has 0 spiro atoms. The highest BCUT2D eigenvalue weighted by atomic mass is 35.5. The van der Waals surface area contributed by atoms with Crippen LogP contribution in [-0.2, 0) is 13.5 Å². The first-order chi connectivity index (χ1) is 8.70. The fraction of sp³-hybridized carbons (Fsp3) is 0.400. The summed E-state index contributed by atoms with van der Waals surface area (Å²) in [5.74, 6) is 2.19. The van der Waals surface area contributed by atoms with E-state index in [0.29, 0.717) is 11.8 Å². The second kappa shape index (κ2) is 6.05. The Bertz CT molecular complexity index is 505. The molecule has 1 heterocycles. The molecule has 18 heavy (non-hydrogen) atoms. The lowest BCUT2D eigenvalue weighted by Crippen LogP contribution is -2.05. The van der Waals surface area contributed by atoms with E-state index in [2.05, 4.69) is 40.7 Å². The van der Waals surface area contributed by atoms with Crippen LogP contribution in [0.25, 0.3) is 0 Å². The Kier molecular flexibility index (Phi) is 4.43. The molecule has 96 valence electrons. The molecule has 0 amide bonds. The summed E-state index contributed by atoms with van der Waals surface area (Å²) < 4.78 is 2.07. The van der Waals surface area contributed by atoms with E-state index in [4.69, 9.17) is 11.6 Å². The molecule has 0 radical (unpaired) electrons. The van der Waals surface area contributed by atoms with E-state index in [1.807, 2.05) is 19.4 Å². The highest BCUT2D eigenvalue weighted by molar-refractivity contribution is 6.18. The Morgan fingerprint density at radius 2 is 2.22 bits per heavy atom. The normalized spacial score (nSPS) is 12.6. The third-order valence-corrected chi connectivity index (χ3v) is 3.71. The Balaban J connectivity index is 2.04. The number of hydrogen-bond donors (Lipinski definition) is 0. The maximum Gasteiger partial charge on any atom is 0.108 e. The van der Waals surface area contributed by atoms with Crippen molar-refractivity contribution in [3.8, 4) is 0 Å². The Labute approximate surface area is 114 Å². The van der Waals surface area contributed by atoms with Crippen molar-refractivity contribution in [2.24, 2.45) is 7.05 Å². The topological polar surface area (TPSA) is 17.8 Å². The second-order valence-corrected chi connectivity index (χ2v) is 5.07. The molecule has 2 aromatic rings. The van der Waals surface area contributed by atoms with E-state index in [1.165, 1.54) is 11.1 Å². The van der Waals surface area contributed by atoms with Crippen LogP contribution in [0.3, 0.4) is 0 Å². The molecule has 0 fully saturated rings. The SMILES string of the molecule is Cc1cccc(C(CCl)CCc2nccn2C)c1. The molecule has 0 aliphatic heterocycles. The third kappa shape index (κ3) is 3.14. The van der Waals surface area contributed by atoms with E-state index in [1.54, 1.807) is 0 Å². The van der Waals surface area contributed by atoms with Gasteiger partial charge in [0.2, 0.25) is 0 Å². The van der Waals surface area contributed by atoms with Gasteiger partial charge < -0.3 is 4.57 Å². The van der Waals surface area contributed by atoms with Crippen molar-refractivity contribution in [1.82, 2.24) is 9.55 Å². The zero-order valence-corrected chi connectivity index (χ0v) is 11.7. The van der Waals surface area contributed by atoms with Crippen LogP contribution >= 0.6 is 11.6 Å². The van der Waals surface area contributed by atoms with Gasteiger partial charge in [-0.15, -0.1) is 11.6 Å². The van der Waals surface area contributed by atoms with Crippen molar-refractivity contribution in [2.75, 3.05) is 5.88 Å². The quantitative estimate of drug-likeness (QED) is 0.752. The van der Waals surface area contributed by atoms with E-state index in [0.717, 1.165) is 18.7 Å². The van der Waals surface area contributed by atoms with E-state index >= 15 is 0 Å². The van der Waals surface area contributed by atoms with Gasteiger partial charge in [-0.2, -0.15) is 0 Å². The number of aryl methyl sites for hydroxylation is 3. The molecule has 1 unspecified atom stereocenters. The van der Waals surface area contributed by atoms with Crippen molar-refractivity contribution in [2.45, 2.75) is 25.7 Å². The number of hydrogen-bond acceptors (Lipinski definition) is 1. The molecular formula is C15H19ClN2. The molecule has 1 atom stereocenters. The van der Waals surface area contributed by atoms with Crippen LogP contribution in [0.4, 0.5) is 0 Å². The van der Waals surface area contributed by atoms with Crippen LogP contribution < -0.4 is 0 Å². The minimum Gasteiger partial charge on any atom is -0.338 e. The van der Waals surface area contributed by atoms with Gasteiger partial charge in [-0.1, -0.05) is 29.8 Å². The van der Waals surface area contributed by atoms with Crippen molar-refractivity contribution < 1.29 is 0 Å². The third-order valence-electron chi connectivity index (χ3n) is 3.34. The highest BCUT2D eigenvalue weighted by Crippen LogP contribution is 2.23. The fourth-order valence-electron chi connectivity index (χ4n) is 2.20. The average molecular weight is 263 g/mol. The van der Waals surface area contributed by atoms with Gasteiger partial charge in [0.05, 0.1) is 0 Å². The zero-order valence-electron chi connectivity index (χ0n) is 10.9. The monoisotopic (exact) mass is 262 g/mol. The van der Waals surface area contributed by atoms with Crippen molar-refractivity contribution in [3.05, 3.63) is 53.6 Å². The van der Waals surface area contributed by atoms with Crippen molar-refractivity contribution in [1.29, 1.82) is 0 Å². The van der Waals surface area contributed by atoms with Gasteiger partial charge in [-0.3, -0.25) is 0 Å². The first-order valence-electron chi connectivity index (χ1n) is 6.29. The number of aromatic nitrogens is 2. The second-order valence-electron chi connectivity index (χ2n) is 4.76. The van der Waals surface area contributed by atoms with Crippen molar-refractivity contribution >= 4 is 11.6 Å². The van der Waals surface area contributed by atoms with Gasteiger partial charge in [0.15, 0.2) is 0 Å². The van der Waals surface area contributed by atoms with Crippen molar-refractivity contribution in [3.63, 3.8) is 0 Å². The van der Waals surface area contributed by atoms with Gasteiger partial charge in [-0.25, -0.2) is 4.98 Å². The Hall–Kier alpha value is -1.28. The summed E-state index contributed by atoms with van der Waals surface area (Å²) in [6.45, 7) is 2.12. The Morgan fingerprint density at radius 3 is 2.83 bits per heavy atom. The molecule has 0 N–H and O–H groups in total. The molecule has 0 bridgehead atoms. The average Bonchev–Trinajstić information content (AvgIpc) is 2.76. The first-order valence-corrected chi connectivity index (χ1v) is 6.83. The summed E-state index contributed by atoms with van der Waals surface area (Å²) in [7, 11) is 2.03. The minimum atomic E-state index is 0.406. The fourth-order valence-corrected chi connectivity index (χ4v) is 2.53. The number of benzene rings is 1. The van der Waals surface area contributed by atoms with Gasteiger partial charge >= 0.3 is 0 Å². The van der Waals surface area contributed by atoms with Gasteiger partial charge in [0, 0.05) is 31.7 Å². The van der Waals surface area contributed by atoms with Crippen LogP contribution in [0.1, 0.15) is 29.3 Å². The lowest BCUT2D eigenvalue weighted by molar-refractivity contribution is 0.645. The predicted octanol–water partition coefficient (Wildman–Crippen LogP) is 3.68. The van der Waals surface area contributed by atoms with Gasteiger partial charge in [0.1, 0.15) is 5.82 Å². The molecule has 0 aliphatic rings. The lowest BCUT2D eigenvalue weighted by Gasteiger charge is -2.14. The predicted molar refractivity (Wildman–Crippen MR) is 76.2 cm³/mol. The molecular weight excluding hydrogens is 244 g/mol. The number of alkyl halides is 1. The Morgan fingerprint density at radius 1 is 1.39 bits per heavy atom. The van der Waals surface area contributed by atoms with Gasteiger partial charge in [-0.05, 0) is 24.8 Å². The number of rotatable bonds is 5. The van der Waals surface area contributed by atoms with Crippen LogP contribution in [0, 0.1) is 6.92 Å². The maximum absolute atomic E-state index is 6.11. The maximum atomic E-state index is 6.11. The highest BCUT2D eigenvalue weighted by Gasteiger charge is 2.12. The lowest BCUT2D eigenvalue weighted by atomic mass is 9.94. The first kappa shape index (κ1) is 13.2. The summed E-state index contributed by atoms with van der Waals surface area (Å²) >= 11 is 6.11. The summed E-state index contributed by atoms with van der Waals surface area (Å²) in [6.07, 6.45) is 5.84. The summed E-state index contributed by atoms with van der Waals surface area (Å²) in [6, 6.07) is 8.61. The molecule has 2 rings (SSSR count). The minimum absolute atomic E-state index is 0.406. The largest absolute Gasteiger partial charge is 0.338 e. The summed E-state index contributed by atoms with van der Waals surface area (Å²) in [5.41, 5.74) is 2.62. The van der Waals surface area contributed by atoms with Crippen LogP contribution in [-0.4, -0.2) is 15.4 Å². The van der Waals surface area contributed by atoms with E-state index < -0.39 is 0 Å². The summed E-state index contributed by atoms with van der Waals surface area (Å²) in [4.78, 5) is 4.35. The number of halogens is 1. The molecule has 1 aromatic carbocycles. The molecule has 0 aliphatic carbocycles. The van der Waals surface area contributed by atoms with Crippen LogP contribution in [0.2, 0.25) is 0 Å². The molecule has 0 saturated carbocycles. The van der Waals surface area contributed by atoms with Crippen LogP contribution in [0.5, 0.6) is 0 Å². The molecule has 2 nitrogen and oxygen atoms in total.